The number of allylic oxidation sites excluding steroid dienone is 1. The van der Waals surface area contributed by atoms with Gasteiger partial charge in [-0.25, -0.2) is 0 Å². The molecule has 0 aliphatic carbocycles. The van der Waals surface area contributed by atoms with Gasteiger partial charge in [0, 0.05) is 5.92 Å². The Morgan fingerprint density at radius 1 is 0.895 bits per heavy atom. The Morgan fingerprint density at radius 2 is 1.42 bits per heavy atom. The van der Waals surface area contributed by atoms with E-state index in [0.717, 1.165) is 17.5 Å². The molecule has 0 heterocycles. The Kier molecular flexibility index (Phi) is 4.93. The van der Waals surface area contributed by atoms with E-state index in [1.54, 1.807) is 0 Å². The highest BCUT2D eigenvalue weighted by molar-refractivity contribution is 5.30. The van der Waals surface area contributed by atoms with Gasteiger partial charge in [-0.3, -0.25) is 0 Å². The number of benzene rings is 2. The Hall–Kier alpha value is -1.86. The predicted molar refractivity (Wildman–Crippen MR) is 80.0 cm³/mol. The van der Waals surface area contributed by atoms with Crippen LogP contribution in [0.5, 0.6) is 0 Å². The van der Waals surface area contributed by atoms with Gasteiger partial charge in [-0.1, -0.05) is 79.7 Å². The van der Waals surface area contributed by atoms with Crippen LogP contribution in [0, 0.1) is 0 Å². The molecular weight excluding hydrogens is 232 g/mol. The van der Waals surface area contributed by atoms with Crippen molar-refractivity contribution in [2.24, 2.45) is 0 Å². The number of aliphatic hydroxyl groups excluding tert-OH is 1. The summed E-state index contributed by atoms with van der Waals surface area (Å²) in [6.45, 7) is 2.10. The van der Waals surface area contributed by atoms with E-state index in [1.807, 2.05) is 48.5 Å². The molecule has 0 aliphatic rings. The molecule has 0 radical (unpaired) electrons. The largest absolute Gasteiger partial charge is 0.387 e. The molecule has 98 valence electrons. The molecule has 2 aromatic rings. The molecular formula is C18H20O. The molecule has 2 aromatic carbocycles. The van der Waals surface area contributed by atoms with Crippen LogP contribution in [-0.2, 0) is 0 Å². The topological polar surface area (TPSA) is 20.2 Å². The Bertz CT molecular complexity index is 502. The lowest BCUT2D eigenvalue weighted by molar-refractivity contribution is 0.161. The van der Waals surface area contributed by atoms with Crippen LogP contribution >= 0.6 is 0 Å². The normalized spacial score (nSPS) is 14.4. The second-order valence-corrected chi connectivity index (χ2v) is 4.63. The summed E-state index contributed by atoms with van der Waals surface area (Å²) in [4.78, 5) is 0. The predicted octanol–water partition coefficient (Wildman–Crippen LogP) is 4.47. The first-order valence-corrected chi connectivity index (χ1v) is 6.77. The molecule has 0 spiro atoms. The van der Waals surface area contributed by atoms with Crippen LogP contribution in [0.2, 0.25) is 0 Å². The molecule has 1 nitrogen and oxygen atoms in total. The van der Waals surface area contributed by atoms with E-state index >= 15 is 0 Å². The monoisotopic (exact) mass is 252 g/mol. The first-order chi connectivity index (χ1) is 9.33. The van der Waals surface area contributed by atoms with E-state index in [9.17, 15) is 5.11 Å². The minimum absolute atomic E-state index is 0.00329. The second kappa shape index (κ2) is 6.91. The molecule has 1 heteroatoms. The van der Waals surface area contributed by atoms with Crippen molar-refractivity contribution in [2.45, 2.75) is 25.4 Å². The van der Waals surface area contributed by atoms with Crippen LogP contribution < -0.4 is 0 Å². The molecule has 19 heavy (non-hydrogen) atoms. The molecule has 2 rings (SSSR count). The molecule has 0 amide bonds. The van der Waals surface area contributed by atoms with Crippen molar-refractivity contribution >= 4 is 0 Å². The van der Waals surface area contributed by atoms with E-state index in [4.69, 9.17) is 0 Å². The van der Waals surface area contributed by atoms with Gasteiger partial charge in [0.2, 0.25) is 0 Å². The lowest BCUT2D eigenvalue weighted by Gasteiger charge is -2.21. The van der Waals surface area contributed by atoms with E-state index < -0.39 is 6.10 Å². The quantitative estimate of drug-likeness (QED) is 0.778. The van der Waals surface area contributed by atoms with Crippen molar-refractivity contribution in [2.75, 3.05) is 0 Å². The van der Waals surface area contributed by atoms with Crippen molar-refractivity contribution in [3.8, 4) is 0 Å². The standard InChI is InChI=1S/C18H20O/c1-2-3-14-17(15-10-6-4-7-11-15)18(19)16-12-8-5-9-13-16/h3-14,17-19H,2H2,1H3/b14-3-/t17-,18-/m0/s1. The van der Waals surface area contributed by atoms with Gasteiger partial charge in [0.25, 0.3) is 0 Å². The van der Waals surface area contributed by atoms with Crippen molar-refractivity contribution in [3.05, 3.63) is 83.9 Å². The summed E-state index contributed by atoms with van der Waals surface area (Å²) in [5.41, 5.74) is 2.10. The number of hydrogen-bond donors (Lipinski definition) is 1. The maximum Gasteiger partial charge on any atom is 0.0893 e. The molecule has 1 N–H and O–H groups in total. The second-order valence-electron chi connectivity index (χ2n) is 4.63. The maximum atomic E-state index is 10.6. The number of aliphatic hydroxyl groups is 1. The van der Waals surface area contributed by atoms with Crippen molar-refractivity contribution in [1.29, 1.82) is 0 Å². The summed E-state index contributed by atoms with van der Waals surface area (Å²) < 4.78 is 0. The molecule has 0 aromatic heterocycles. The Morgan fingerprint density at radius 3 is 1.95 bits per heavy atom. The third-order valence-corrected chi connectivity index (χ3v) is 3.24. The van der Waals surface area contributed by atoms with Crippen LogP contribution in [-0.4, -0.2) is 5.11 Å². The summed E-state index contributed by atoms with van der Waals surface area (Å²) >= 11 is 0. The summed E-state index contributed by atoms with van der Waals surface area (Å²) in [7, 11) is 0. The van der Waals surface area contributed by atoms with Crippen LogP contribution in [0.3, 0.4) is 0 Å². The molecule has 0 unspecified atom stereocenters. The number of hydrogen-bond acceptors (Lipinski definition) is 1. The number of rotatable bonds is 5. The lowest BCUT2D eigenvalue weighted by atomic mass is 9.88. The van der Waals surface area contributed by atoms with Crippen LogP contribution in [0.4, 0.5) is 0 Å². The summed E-state index contributed by atoms with van der Waals surface area (Å²) in [6.07, 6.45) is 4.69. The third-order valence-electron chi connectivity index (χ3n) is 3.24. The van der Waals surface area contributed by atoms with Gasteiger partial charge in [-0.2, -0.15) is 0 Å². The Balaban J connectivity index is 2.31. The molecule has 0 saturated carbocycles. The molecule has 0 fully saturated rings. The molecule has 0 aliphatic heterocycles. The average molecular weight is 252 g/mol. The van der Waals surface area contributed by atoms with Crippen LogP contribution in [0.15, 0.2) is 72.8 Å². The van der Waals surface area contributed by atoms with E-state index in [2.05, 4.69) is 31.2 Å². The van der Waals surface area contributed by atoms with Gasteiger partial charge in [0.1, 0.15) is 0 Å². The lowest BCUT2D eigenvalue weighted by Crippen LogP contribution is -2.08. The minimum atomic E-state index is -0.508. The molecule has 0 bridgehead atoms. The van der Waals surface area contributed by atoms with Gasteiger partial charge in [-0.05, 0) is 17.5 Å². The maximum absolute atomic E-state index is 10.6. The van der Waals surface area contributed by atoms with Gasteiger partial charge < -0.3 is 5.11 Å². The molecule has 0 saturated heterocycles. The fraction of sp³-hybridized carbons (Fsp3) is 0.222. The van der Waals surface area contributed by atoms with Crippen LogP contribution in [0.1, 0.15) is 36.5 Å². The van der Waals surface area contributed by atoms with Gasteiger partial charge in [0.05, 0.1) is 6.10 Å². The van der Waals surface area contributed by atoms with Crippen molar-refractivity contribution in [3.63, 3.8) is 0 Å². The van der Waals surface area contributed by atoms with Crippen molar-refractivity contribution < 1.29 is 5.11 Å². The highest BCUT2D eigenvalue weighted by Crippen LogP contribution is 2.32. The Labute approximate surface area is 115 Å². The van der Waals surface area contributed by atoms with E-state index in [-0.39, 0.29) is 5.92 Å². The van der Waals surface area contributed by atoms with Gasteiger partial charge in [-0.15, -0.1) is 0 Å². The highest BCUT2D eigenvalue weighted by Gasteiger charge is 2.19. The fourth-order valence-corrected chi connectivity index (χ4v) is 2.21. The van der Waals surface area contributed by atoms with E-state index in [0.29, 0.717) is 0 Å². The summed E-state index contributed by atoms with van der Waals surface area (Å²) in [5, 5.41) is 10.6. The van der Waals surface area contributed by atoms with Gasteiger partial charge in [0.15, 0.2) is 0 Å². The smallest absolute Gasteiger partial charge is 0.0893 e. The van der Waals surface area contributed by atoms with Gasteiger partial charge >= 0.3 is 0 Å². The fourth-order valence-electron chi connectivity index (χ4n) is 2.21. The summed E-state index contributed by atoms with van der Waals surface area (Å²) in [6, 6.07) is 20.0. The van der Waals surface area contributed by atoms with E-state index in [1.165, 1.54) is 0 Å². The third kappa shape index (κ3) is 3.55. The zero-order valence-electron chi connectivity index (χ0n) is 11.2. The zero-order valence-corrected chi connectivity index (χ0v) is 11.2. The SMILES string of the molecule is CC/C=C\[C@@H](c1ccccc1)[C@@H](O)c1ccccc1. The first kappa shape index (κ1) is 13.6. The minimum Gasteiger partial charge on any atom is -0.387 e. The molecule has 2 atom stereocenters. The highest BCUT2D eigenvalue weighted by atomic mass is 16.3. The van der Waals surface area contributed by atoms with Crippen LogP contribution in [0.25, 0.3) is 0 Å². The van der Waals surface area contributed by atoms with Crippen molar-refractivity contribution in [1.82, 2.24) is 0 Å². The first-order valence-electron chi connectivity index (χ1n) is 6.77. The summed E-state index contributed by atoms with van der Waals surface area (Å²) in [5.74, 6) is 0.00329. The zero-order chi connectivity index (χ0) is 13.5. The average Bonchev–Trinajstić information content (AvgIpc) is 2.49.